The van der Waals surface area contributed by atoms with Gasteiger partial charge in [-0.1, -0.05) is 11.7 Å². The van der Waals surface area contributed by atoms with Gasteiger partial charge in [0, 0.05) is 18.5 Å². The topological polar surface area (TPSA) is 53.9 Å². The standard InChI is InChI=1S/C12H22N2O2/c1-8(2)9-6-11(16-14-9)10(15)7-13-12(3,4)5/h10-11,13,15H,1,6-7H2,2-5H3/t10-,11+/m0/s1. The molecule has 0 aromatic rings. The highest BCUT2D eigenvalue weighted by atomic mass is 16.7. The summed E-state index contributed by atoms with van der Waals surface area (Å²) in [6.45, 7) is 12.4. The van der Waals surface area contributed by atoms with E-state index in [-0.39, 0.29) is 11.6 Å². The van der Waals surface area contributed by atoms with Gasteiger partial charge in [-0.15, -0.1) is 0 Å². The van der Waals surface area contributed by atoms with Gasteiger partial charge in [-0.25, -0.2) is 0 Å². The summed E-state index contributed by atoms with van der Waals surface area (Å²) >= 11 is 0. The summed E-state index contributed by atoms with van der Waals surface area (Å²) in [4.78, 5) is 5.19. The highest BCUT2D eigenvalue weighted by Crippen LogP contribution is 2.17. The summed E-state index contributed by atoms with van der Waals surface area (Å²) in [5.74, 6) is 0. The number of hydrogen-bond donors (Lipinski definition) is 2. The number of hydrogen-bond acceptors (Lipinski definition) is 4. The minimum atomic E-state index is -0.542. The minimum Gasteiger partial charge on any atom is -0.389 e. The van der Waals surface area contributed by atoms with Gasteiger partial charge in [-0.2, -0.15) is 0 Å². The SMILES string of the molecule is C=C(C)C1=NO[C@@H]([C@@H](O)CNC(C)(C)C)C1. The third-order valence-corrected chi connectivity index (χ3v) is 2.46. The molecule has 1 aliphatic rings. The molecule has 2 atom stereocenters. The summed E-state index contributed by atoms with van der Waals surface area (Å²) in [7, 11) is 0. The molecule has 0 saturated heterocycles. The van der Waals surface area contributed by atoms with Crippen LogP contribution in [0.1, 0.15) is 34.1 Å². The van der Waals surface area contributed by atoms with Crippen LogP contribution in [0.15, 0.2) is 17.3 Å². The quantitative estimate of drug-likeness (QED) is 0.763. The van der Waals surface area contributed by atoms with E-state index in [0.717, 1.165) is 11.3 Å². The normalized spacial score (nSPS) is 22.6. The van der Waals surface area contributed by atoms with Gasteiger partial charge in [0.05, 0.1) is 5.71 Å². The van der Waals surface area contributed by atoms with Crippen LogP contribution in [-0.2, 0) is 4.84 Å². The number of nitrogens with zero attached hydrogens (tertiary/aromatic N) is 1. The molecule has 0 unspecified atom stereocenters. The van der Waals surface area contributed by atoms with Crippen LogP contribution in [0.5, 0.6) is 0 Å². The molecule has 4 heteroatoms. The van der Waals surface area contributed by atoms with E-state index < -0.39 is 6.10 Å². The lowest BCUT2D eigenvalue weighted by Gasteiger charge is -2.24. The number of nitrogens with one attached hydrogen (secondary N) is 1. The molecular formula is C12H22N2O2. The first-order chi connectivity index (χ1) is 7.29. The molecule has 92 valence electrons. The predicted molar refractivity (Wildman–Crippen MR) is 65.5 cm³/mol. The third-order valence-electron chi connectivity index (χ3n) is 2.46. The Labute approximate surface area is 97.4 Å². The maximum absolute atomic E-state index is 9.92. The summed E-state index contributed by atoms with van der Waals surface area (Å²) in [6, 6.07) is 0. The molecule has 0 aromatic carbocycles. The zero-order chi connectivity index (χ0) is 12.3. The van der Waals surface area contributed by atoms with Crippen LogP contribution >= 0.6 is 0 Å². The highest BCUT2D eigenvalue weighted by molar-refractivity contribution is 5.99. The Morgan fingerprint density at radius 2 is 2.31 bits per heavy atom. The van der Waals surface area contributed by atoms with Gasteiger partial charge in [0.15, 0.2) is 6.10 Å². The Morgan fingerprint density at radius 3 is 2.75 bits per heavy atom. The number of oxime groups is 1. The monoisotopic (exact) mass is 226 g/mol. The van der Waals surface area contributed by atoms with Gasteiger partial charge in [0.2, 0.25) is 0 Å². The molecular weight excluding hydrogens is 204 g/mol. The summed E-state index contributed by atoms with van der Waals surface area (Å²) in [5, 5.41) is 17.1. The largest absolute Gasteiger partial charge is 0.389 e. The second-order valence-corrected chi connectivity index (χ2v) is 5.36. The van der Waals surface area contributed by atoms with Crippen LogP contribution < -0.4 is 5.32 Å². The number of aliphatic hydroxyl groups excluding tert-OH is 1. The molecule has 0 saturated carbocycles. The summed E-state index contributed by atoms with van der Waals surface area (Å²) in [6.07, 6.45) is -0.149. The van der Waals surface area contributed by atoms with Crippen LogP contribution in [0, 0.1) is 0 Å². The van der Waals surface area contributed by atoms with E-state index in [2.05, 4.69) is 37.8 Å². The lowest BCUT2D eigenvalue weighted by atomic mass is 10.0. The second-order valence-electron chi connectivity index (χ2n) is 5.36. The van der Waals surface area contributed by atoms with Crippen molar-refractivity contribution in [3.63, 3.8) is 0 Å². The van der Waals surface area contributed by atoms with Gasteiger partial charge in [0.25, 0.3) is 0 Å². The van der Waals surface area contributed by atoms with Crippen molar-refractivity contribution in [3.8, 4) is 0 Å². The Balaban J connectivity index is 2.36. The van der Waals surface area contributed by atoms with Crippen LogP contribution in [0.25, 0.3) is 0 Å². The van der Waals surface area contributed by atoms with Crippen molar-refractivity contribution in [3.05, 3.63) is 12.2 Å². The molecule has 1 aliphatic heterocycles. The van der Waals surface area contributed by atoms with Crippen molar-refractivity contribution >= 4 is 5.71 Å². The average Bonchev–Trinajstić information content (AvgIpc) is 2.61. The Bertz CT molecular complexity index is 292. The lowest BCUT2D eigenvalue weighted by Crippen LogP contribution is -2.44. The molecule has 16 heavy (non-hydrogen) atoms. The van der Waals surface area contributed by atoms with E-state index in [1.165, 1.54) is 0 Å². The molecule has 0 aromatic heterocycles. The van der Waals surface area contributed by atoms with Crippen LogP contribution in [0.3, 0.4) is 0 Å². The Kier molecular flexibility index (Phi) is 4.10. The first kappa shape index (κ1) is 13.2. The number of allylic oxidation sites excluding steroid dienone is 1. The molecule has 1 rings (SSSR count). The molecule has 4 nitrogen and oxygen atoms in total. The van der Waals surface area contributed by atoms with Crippen LogP contribution in [0.2, 0.25) is 0 Å². The Hall–Kier alpha value is -0.870. The molecule has 0 fully saturated rings. The number of aliphatic hydroxyl groups is 1. The van der Waals surface area contributed by atoms with Crippen molar-refractivity contribution < 1.29 is 9.94 Å². The van der Waals surface area contributed by atoms with Gasteiger partial charge in [0.1, 0.15) is 6.10 Å². The van der Waals surface area contributed by atoms with Gasteiger partial charge < -0.3 is 15.3 Å². The average molecular weight is 226 g/mol. The van der Waals surface area contributed by atoms with E-state index in [0.29, 0.717) is 13.0 Å². The first-order valence-corrected chi connectivity index (χ1v) is 5.61. The van der Waals surface area contributed by atoms with Gasteiger partial charge >= 0.3 is 0 Å². The van der Waals surface area contributed by atoms with Gasteiger partial charge in [-0.3, -0.25) is 0 Å². The summed E-state index contributed by atoms with van der Waals surface area (Å²) in [5.41, 5.74) is 1.75. The van der Waals surface area contributed by atoms with Gasteiger partial charge in [-0.05, 0) is 33.3 Å². The number of rotatable bonds is 4. The highest BCUT2D eigenvalue weighted by Gasteiger charge is 2.29. The number of β-amino-alcohol motifs (C(OH)–C–C–N with tert-alkyl or cyclic N) is 1. The maximum atomic E-state index is 9.92. The maximum Gasteiger partial charge on any atom is 0.160 e. The van der Waals surface area contributed by atoms with Crippen molar-refractivity contribution in [2.24, 2.45) is 5.16 Å². The summed E-state index contributed by atoms with van der Waals surface area (Å²) < 4.78 is 0. The molecule has 1 heterocycles. The van der Waals surface area contributed by atoms with Crippen LogP contribution in [-0.4, -0.2) is 35.1 Å². The second kappa shape index (κ2) is 4.97. The predicted octanol–water partition coefficient (Wildman–Crippen LogP) is 1.46. The molecule has 0 aliphatic carbocycles. The fraction of sp³-hybridized carbons (Fsp3) is 0.750. The van der Waals surface area contributed by atoms with Crippen molar-refractivity contribution in [2.45, 2.75) is 51.9 Å². The Morgan fingerprint density at radius 1 is 1.69 bits per heavy atom. The molecule has 0 bridgehead atoms. The van der Waals surface area contributed by atoms with Crippen molar-refractivity contribution in [1.29, 1.82) is 0 Å². The lowest BCUT2D eigenvalue weighted by molar-refractivity contribution is -0.0181. The van der Waals surface area contributed by atoms with E-state index in [1.807, 2.05) is 6.92 Å². The smallest absolute Gasteiger partial charge is 0.160 e. The zero-order valence-corrected chi connectivity index (χ0v) is 10.6. The molecule has 0 radical (unpaired) electrons. The van der Waals surface area contributed by atoms with E-state index in [1.54, 1.807) is 0 Å². The fourth-order valence-electron chi connectivity index (χ4n) is 1.40. The first-order valence-electron chi connectivity index (χ1n) is 5.61. The minimum absolute atomic E-state index is 0.00236. The van der Waals surface area contributed by atoms with Crippen molar-refractivity contribution in [1.82, 2.24) is 5.32 Å². The van der Waals surface area contributed by atoms with E-state index in [9.17, 15) is 5.11 Å². The third kappa shape index (κ3) is 3.94. The van der Waals surface area contributed by atoms with E-state index in [4.69, 9.17) is 4.84 Å². The van der Waals surface area contributed by atoms with Crippen LogP contribution in [0.4, 0.5) is 0 Å². The zero-order valence-electron chi connectivity index (χ0n) is 10.6. The van der Waals surface area contributed by atoms with E-state index >= 15 is 0 Å². The molecule has 0 amide bonds. The molecule has 2 N–H and O–H groups in total. The van der Waals surface area contributed by atoms with Crippen molar-refractivity contribution in [2.75, 3.05) is 6.54 Å². The fourth-order valence-corrected chi connectivity index (χ4v) is 1.40. The molecule has 0 spiro atoms.